The smallest absolute Gasteiger partial charge is 0.850 e. The van der Waals surface area contributed by atoms with Crippen LogP contribution in [0.15, 0.2) is 279 Å². The SMILES string of the molecule is C.CC(C)(C)[O-].CCOCC.CCOP(=O)(Cc1ccc(-c2ccc(COP=O)cc2)cc1)OCC.COc1ccc(N(c2ccc(CO)cc2)c2ccc(/C=C/c3ccc(-c4ccc(/C=C/c5ccc(N(c6ccc(CO)cc6)c6ccc(OC)cc6)s5)cc4)cc3)s2)cc1.COc1ccc(N(c2ccc(OC)cc2)c2ccc(C=O)s2)cc1.[K+]. The van der Waals surface area contributed by atoms with Gasteiger partial charge in [0, 0.05) is 57.1 Å². The van der Waals surface area contributed by atoms with Crippen LogP contribution in [0.25, 0.3) is 46.6 Å². The molecule has 121 heavy (non-hydrogen) atoms. The molecule has 0 amide bonds. The Bertz CT molecular complexity index is 4930. The topological polar surface area (TPSA) is 198 Å². The molecule has 23 heteroatoms. The van der Waals surface area contributed by atoms with Crippen molar-refractivity contribution in [2.45, 2.75) is 87.5 Å². The van der Waals surface area contributed by atoms with Crippen LogP contribution in [-0.4, -0.2) is 77.0 Å². The molecule has 0 aliphatic carbocycles. The zero-order valence-electron chi connectivity index (χ0n) is 69.9. The molecule has 0 unspecified atom stereocenters. The van der Waals surface area contributed by atoms with E-state index < -0.39 is 13.2 Å². The van der Waals surface area contributed by atoms with Gasteiger partial charge in [-0.2, -0.15) is 0 Å². The van der Waals surface area contributed by atoms with Crippen molar-refractivity contribution in [3.05, 3.63) is 327 Å². The van der Waals surface area contributed by atoms with Gasteiger partial charge in [-0.25, -0.2) is 4.57 Å². The number of carbonyl (C=O) groups is 1. The van der Waals surface area contributed by atoms with Crippen LogP contribution in [0.4, 0.5) is 49.1 Å². The molecular formula is C98H106KN3O14P2S3. The average molecular weight is 1750 g/mol. The van der Waals surface area contributed by atoms with E-state index >= 15 is 0 Å². The number of nitrogens with zero attached hydrogens (tertiary/aromatic N) is 3. The zero-order valence-corrected chi connectivity index (χ0v) is 77.2. The van der Waals surface area contributed by atoms with Gasteiger partial charge in [-0.05, 0) is 253 Å². The standard InChI is InChI=1S/C52H44N2O4S2.C19H17NO3S.C18H22O5P2.C4H9O.C4H10O.CH4.K/c1-57-47-25-21-45(22-26-47)53(43-17-7-39(35-55)8-18-43)51-33-31-49(59-51)29-11-37-3-13-41(14-4-37)42-15-5-38(6-16-42)12-30-50-32-34-52(60-50)54(44-19-9-40(36-56)10-20-44)46-23-27-48(58-2)28-24-46;1-22-16-7-3-14(4-8-16)20(19-12-11-18(13-21)24-19)15-5-9-17(23-2)10-6-15;1-3-22-25(20,23-4-2)14-16-7-11-18(12-8-16)17-9-5-15(6-10-17)13-21-24-19;1-4(2,3)5;1-3-5-4-2;;/h3-34,55-56H,35-36H2,1-2H3;3-13H,1-2H3;5-12H,3-4,13-14H2,1-2H3;1-3H3;3-4H2,1-2H3;1H4;/q;;;-1;;;+1/b29-11+,30-12+;;;;;;. The predicted octanol–water partition coefficient (Wildman–Crippen LogP) is 23.5. The van der Waals surface area contributed by atoms with E-state index in [0.717, 1.165) is 157 Å². The minimum atomic E-state index is -3.09. The Morgan fingerprint density at radius 3 is 0.917 bits per heavy atom. The Labute approximate surface area is 770 Å². The van der Waals surface area contributed by atoms with E-state index in [1.165, 1.54) is 11.3 Å². The molecule has 0 bridgehead atoms. The maximum absolute atomic E-state index is 12.6. The van der Waals surface area contributed by atoms with Crippen LogP contribution in [0.2, 0.25) is 0 Å². The van der Waals surface area contributed by atoms with Gasteiger partial charge in [0.25, 0.3) is 0 Å². The van der Waals surface area contributed by atoms with Crippen LogP contribution in [0, 0.1) is 0 Å². The molecule has 13 rings (SSSR count). The van der Waals surface area contributed by atoms with E-state index in [2.05, 4.69) is 136 Å². The van der Waals surface area contributed by atoms with Gasteiger partial charge in [0.2, 0.25) is 0 Å². The van der Waals surface area contributed by atoms with Gasteiger partial charge in [0.05, 0.1) is 72.5 Å². The fourth-order valence-electron chi connectivity index (χ4n) is 11.8. The third kappa shape index (κ3) is 31.2. The third-order valence-corrected chi connectivity index (χ3v) is 23.0. The molecular weight excluding hydrogens is 1640 g/mol. The fourth-order valence-corrected chi connectivity index (χ4v) is 16.5. The number of rotatable bonds is 33. The minimum Gasteiger partial charge on any atom is -0.850 e. The minimum absolute atomic E-state index is 0. The van der Waals surface area contributed by atoms with Crippen molar-refractivity contribution in [3.8, 4) is 45.3 Å². The van der Waals surface area contributed by atoms with E-state index in [9.17, 15) is 29.2 Å². The Morgan fingerprint density at radius 2 is 0.661 bits per heavy atom. The van der Waals surface area contributed by atoms with Crippen molar-refractivity contribution >= 4 is 130 Å². The number of anilines is 9. The summed E-state index contributed by atoms with van der Waals surface area (Å²) in [5.74, 6) is 3.21. The predicted molar refractivity (Wildman–Crippen MR) is 498 cm³/mol. The van der Waals surface area contributed by atoms with Gasteiger partial charge in [0.15, 0.2) is 6.29 Å². The van der Waals surface area contributed by atoms with Crippen molar-refractivity contribution in [1.82, 2.24) is 0 Å². The van der Waals surface area contributed by atoms with Crippen LogP contribution in [0.5, 0.6) is 23.0 Å². The van der Waals surface area contributed by atoms with Crippen molar-refractivity contribution in [3.63, 3.8) is 0 Å². The van der Waals surface area contributed by atoms with Crippen molar-refractivity contribution in [2.24, 2.45) is 0 Å². The Kier molecular flexibility index (Phi) is 42.2. The van der Waals surface area contributed by atoms with Crippen LogP contribution in [0.1, 0.15) is 109 Å². The van der Waals surface area contributed by atoms with Gasteiger partial charge < -0.3 is 62.8 Å². The molecule has 0 aliphatic heterocycles. The third-order valence-electron chi connectivity index (χ3n) is 17.7. The molecule has 3 heterocycles. The van der Waals surface area contributed by atoms with E-state index in [1.54, 1.807) is 85.7 Å². The van der Waals surface area contributed by atoms with Crippen LogP contribution in [-0.2, 0) is 53.4 Å². The van der Waals surface area contributed by atoms with Gasteiger partial charge >= 0.3 is 67.7 Å². The molecule has 0 saturated heterocycles. The largest absolute Gasteiger partial charge is 1.00 e. The Morgan fingerprint density at radius 1 is 0.388 bits per heavy atom. The summed E-state index contributed by atoms with van der Waals surface area (Å²) in [6.45, 7) is 15.2. The van der Waals surface area contributed by atoms with Crippen LogP contribution >= 0.6 is 50.3 Å². The summed E-state index contributed by atoms with van der Waals surface area (Å²) in [7, 11) is 3.23. The number of thiophene rings is 3. The number of carbonyl (C=O) groups excluding carboxylic acids is 1. The van der Waals surface area contributed by atoms with E-state index in [0.29, 0.717) is 24.7 Å². The van der Waals surface area contributed by atoms with Crippen LogP contribution < -0.4 is 90.1 Å². The van der Waals surface area contributed by atoms with Crippen molar-refractivity contribution < 1.29 is 118 Å². The van der Waals surface area contributed by atoms with Gasteiger partial charge in [0.1, 0.15) is 38.0 Å². The quantitative estimate of drug-likeness (QED) is 0.0223. The van der Waals surface area contributed by atoms with E-state index in [4.69, 9.17) is 37.3 Å². The number of hydrogen-bond donors (Lipinski definition) is 2. The van der Waals surface area contributed by atoms with E-state index in [-0.39, 0.29) is 86.9 Å². The summed E-state index contributed by atoms with van der Waals surface area (Å²) in [4.78, 5) is 20.6. The molecule has 17 nitrogen and oxygen atoms in total. The first kappa shape index (κ1) is 98.8. The second-order valence-electron chi connectivity index (χ2n) is 27.2. The van der Waals surface area contributed by atoms with Gasteiger partial charge in [-0.1, -0.05) is 162 Å². The normalized spacial score (nSPS) is 10.9. The molecule has 0 spiro atoms. The first-order chi connectivity index (χ1) is 57.7. The first-order valence-corrected chi connectivity index (χ1v) is 43.6. The maximum Gasteiger partial charge on any atom is 1.00 e. The number of ether oxygens (including phenoxy) is 5. The summed E-state index contributed by atoms with van der Waals surface area (Å²) in [6, 6.07) is 93.1. The van der Waals surface area contributed by atoms with Crippen molar-refractivity contribution in [2.75, 3.05) is 69.6 Å². The molecule has 2 N–H and O–H groups in total. The number of aliphatic hydroxyl groups excluding tert-OH is 2. The fraction of sp³-hybridized carbons (Fsp3) is 0.214. The van der Waals surface area contributed by atoms with Gasteiger partial charge in [-0.15, -0.1) is 39.6 Å². The molecule has 626 valence electrons. The van der Waals surface area contributed by atoms with Crippen molar-refractivity contribution in [1.29, 1.82) is 0 Å². The number of benzene rings is 10. The second-order valence-corrected chi connectivity index (χ2v) is 33.0. The molecule has 13 aromatic rings. The number of aldehydes is 1. The maximum atomic E-state index is 12.6. The summed E-state index contributed by atoms with van der Waals surface area (Å²) in [5, 5.41) is 32.4. The molecule has 0 aliphatic rings. The second kappa shape index (κ2) is 51.6. The monoisotopic (exact) mass is 1750 g/mol. The molecule has 0 atom stereocenters. The number of methoxy groups -OCH3 is 4. The molecule has 0 fully saturated rings. The summed E-state index contributed by atoms with van der Waals surface area (Å²) in [6.07, 6.45) is 9.76. The van der Waals surface area contributed by atoms with Gasteiger partial charge in [-0.3, -0.25) is 13.9 Å². The number of aliphatic hydroxyl groups is 2. The molecule has 0 radical (unpaired) electrons. The molecule has 10 aromatic carbocycles. The van der Waals surface area contributed by atoms with Crippen LogP contribution in [0.3, 0.4) is 0 Å². The zero-order chi connectivity index (χ0) is 84.9. The number of hydrogen-bond acceptors (Lipinski definition) is 20. The molecule has 0 saturated carbocycles. The summed E-state index contributed by atoms with van der Waals surface area (Å²) < 4.78 is 64.5. The Hall–Kier alpha value is -9.26. The Balaban J connectivity index is 0.000000271. The summed E-state index contributed by atoms with van der Waals surface area (Å²) in [5.41, 5.74) is 15.6. The first-order valence-electron chi connectivity index (χ1n) is 38.7. The average Bonchev–Trinajstić information content (AvgIpc) is 1.77. The van der Waals surface area contributed by atoms with E-state index in [1.807, 2.05) is 196 Å². The summed E-state index contributed by atoms with van der Waals surface area (Å²) >= 11 is 4.88. The molecule has 3 aromatic heterocycles.